The number of methoxy groups -OCH3 is 2. The van der Waals surface area contributed by atoms with Crippen LogP contribution in [0.2, 0.25) is 0 Å². The molecule has 0 saturated carbocycles. The van der Waals surface area contributed by atoms with E-state index in [1.807, 2.05) is 24.3 Å². The zero-order valence-electron chi connectivity index (χ0n) is 19.7. The lowest BCUT2D eigenvalue weighted by atomic mass is 10.1. The molecule has 0 spiro atoms. The normalized spacial score (nSPS) is 14.1. The van der Waals surface area contributed by atoms with Gasteiger partial charge in [0, 0.05) is 38.3 Å². The molecule has 2 aromatic carbocycles. The first-order valence-corrected chi connectivity index (χ1v) is 11.2. The fourth-order valence-electron chi connectivity index (χ4n) is 3.97. The highest BCUT2D eigenvalue weighted by Crippen LogP contribution is 2.34. The van der Waals surface area contributed by atoms with Crippen LogP contribution in [0.5, 0.6) is 11.5 Å². The summed E-state index contributed by atoms with van der Waals surface area (Å²) in [7, 11) is 5.30. The number of amides is 1. The molecular weight excluding hydrogens is 435 g/mol. The fourth-order valence-corrected chi connectivity index (χ4v) is 3.97. The number of aromatic nitrogens is 1. The van der Waals surface area contributed by atoms with Gasteiger partial charge in [-0.05, 0) is 55.1 Å². The molecule has 1 aliphatic heterocycles. The SMILES string of the molecule is COc1ccc(OC)c(-c2ccc(C(=O)NCc3cccc(F)c3)c(N3CCN(C)CC3)n2)c1. The second-order valence-corrected chi connectivity index (χ2v) is 8.24. The van der Waals surface area contributed by atoms with Crippen LogP contribution in [0.15, 0.2) is 54.6 Å². The van der Waals surface area contributed by atoms with Gasteiger partial charge in [-0.3, -0.25) is 4.79 Å². The van der Waals surface area contributed by atoms with Crippen molar-refractivity contribution in [2.24, 2.45) is 0 Å². The maximum atomic E-state index is 13.5. The molecule has 1 amide bonds. The number of hydrogen-bond donors (Lipinski definition) is 1. The average Bonchev–Trinajstić information content (AvgIpc) is 2.87. The number of carbonyl (C=O) groups is 1. The van der Waals surface area contributed by atoms with Crippen molar-refractivity contribution in [1.29, 1.82) is 0 Å². The van der Waals surface area contributed by atoms with E-state index in [1.54, 1.807) is 32.4 Å². The number of hydrogen-bond acceptors (Lipinski definition) is 6. The van der Waals surface area contributed by atoms with Crippen LogP contribution in [0.4, 0.5) is 10.2 Å². The monoisotopic (exact) mass is 464 g/mol. The van der Waals surface area contributed by atoms with E-state index in [9.17, 15) is 9.18 Å². The van der Waals surface area contributed by atoms with Crippen LogP contribution in [0.1, 0.15) is 15.9 Å². The highest BCUT2D eigenvalue weighted by Gasteiger charge is 2.23. The minimum absolute atomic E-state index is 0.226. The van der Waals surface area contributed by atoms with E-state index >= 15 is 0 Å². The molecule has 4 rings (SSSR count). The van der Waals surface area contributed by atoms with E-state index in [1.165, 1.54) is 12.1 Å². The highest BCUT2D eigenvalue weighted by atomic mass is 19.1. The van der Waals surface area contributed by atoms with Gasteiger partial charge >= 0.3 is 0 Å². The molecule has 0 aliphatic carbocycles. The number of nitrogens with zero attached hydrogens (tertiary/aromatic N) is 3. The first kappa shape index (κ1) is 23.5. The van der Waals surface area contributed by atoms with E-state index in [0.29, 0.717) is 34.1 Å². The van der Waals surface area contributed by atoms with Crippen LogP contribution in [-0.2, 0) is 6.54 Å². The Bertz CT molecular complexity index is 1160. The van der Waals surface area contributed by atoms with Crippen molar-refractivity contribution in [3.63, 3.8) is 0 Å². The van der Waals surface area contributed by atoms with Crippen LogP contribution < -0.4 is 19.7 Å². The minimum atomic E-state index is -0.330. The molecule has 1 aromatic heterocycles. The second-order valence-electron chi connectivity index (χ2n) is 8.24. The third-order valence-electron chi connectivity index (χ3n) is 5.95. The topological polar surface area (TPSA) is 66.9 Å². The maximum Gasteiger partial charge on any atom is 0.255 e. The first-order chi connectivity index (χ1) is 16.5. The van der Waals surface area contributed by atoms with E-state index in [4.69, 9.17) is 14.5 Å². The number of piperazine rings is 1. The molecule has 0 bridgehead atoms. The number of halogens is 1. The Morgan fingerprint density at radius 1 is 1.03 bits per heavy atom. The van der Waals surface area contributed by atoms with Gasteiger partial charge in [-0.25, -0.2) is 9.37 Å². The minimum Gasteiger partial charge on any atom is -0.497 e. The van der Waals surface area contributed by atoms with Gasteiger partial charge in [0.1, 0.15) is 23.1 Å². The standard InChI is InChI=1S/C26H29FN4O3/c1-30-11-13-31(14-12-30)25-21(26(32)28-17-18-5-4-6-19(27)15-18)8-9-23(29-25)22-16-20(33-2)7-10-24(22)34-3/h4-10,15-16H,11-14,17H2,1-3H3,(H,28,32). The number of nitrogens with one attached hydrogen (secondary N) is 1. The molecule has 3 aromatic rings. The Kier molecular flexibility index (Phi) is 7.27. The van der Waals surface area contributed by atoms with Crippen molar-refractivity contribution < 1.29 is 18.7 Å². The van der Waals surface area contributed by atoms with Crippen LogP contribution in [-0.4, -0.2) is 63.2 Å². The Labute approximate surface area is 199 Å². The summed E-state index contributed by atoms with van der Waals surface area (Å²) in [6, 6.07) is 15.3. The fraction of sp³-hybridized carbons (Fsp3) is 0.308. The highest BCUT2D eigenvalue weighted by molar-refractivity contribution is 5.99. The lowest BCUT2D eigenvalue weighted by molar-refractivity contribution is 0.0951. The van der Waals surface area contributed by atoms with Crippen LogP contribution in [0.25, 0.3) is 11.3 Å². The quantitative estimate of drug-likeness (QED) is 0.577. The van der Waals surface area contributed by atoms with Crippen molar-refractivity contribution in [2.45, 2.75) is 6.54 Å². The molecule has 7 nitrogen and oxygen atoms in total. The third kappa shape index (κ3) is 5.28. The summed E-state index contributed by atoms with van der Waals surface area (Å²) in [6.07, 6.45) is 0. The molecule has 2 heterocycles. The van der Waals surface area contributed by atoms with E-state index in [-0.39, 0.29) is 18.3 Å². The number of rotatable bonds is 7. The predicted octanol–water partition coefficient (Wildman–Crippen LogP) is 3.59. The molecule has 178 valence electrons. The summed E-state index contributed by atoms with van der Waals surface area (Å²) in [5.41, 5.74) is 2.64. The number of anilines is 1. The zero-order chi connectivity index (χ0) is 24.1. The summed E-state index contributed by atoms with van der Waals surface area (Å²) in [4.78, 5) is 22.5. The second kappa shape index (κ2) is 10.5. The smallest absolute Gasteiger partial charge is 0.255 e. The Morgan fingerprint density at radius 3 is 2.53 bits per heavy atom. The van der Waals surface area contributed by atoms with Gasteiger partial charge in [-0.2, -0.15) is 0 Å². The Balaban J connectivity index is 1.68. The first-order valence-electron chi connectivity index (χ1n) is 11.2. The van der Waals surface area contributed by atoms with Crippen LogP contribution in [0.3, 0.4) is 0 Å². The van der Waals surface area contributed by atoms with Gasteiger partial charge in [0.25, 0.3) is 5.91 Å². The van der Waals surface area contributed by atoms with Crippen molar-refractivity contribution in [3.8, 4) is 22.8 Å². The predicted molar refractivity (Wildman–Crippen MR) is 130 cm³/mol. The number of likely N-dealkylation sites (N-methyl/N-ethyl adjacent to an activating group) is 1. The number of carbonyl (C=O) groups excluding carboxylic acids is 1. The number of ether oxygens (including phenoxy) is 2. The summed E-state index contributed by atoms with van der Waals surface area (Å²) < 4.78 is 24.5. The van der Waals surface area contributed by atoms with Gasteiger partial charge < -0.3 is 24.6 Å². The van der Waals surface area contributed by atoms with E-state index < -0.39 is 0 Å². The molecular formula is C26H29FN4O3. The van der Waals surface area contributed by atoms with Crippen molar-refractivity contribution in [2.75, 3.05) is 52.3 Å². The lowest BCUT2D eigenvalue weighted by Gasteiger charge is -2.34. The molecule has 1 fully saturated rings. The van der Waals surface area contributed by atoms with E-state index in [0.717, 1.165) is 31.7 Å². The molecule has 0 atom stereocenters. The van der Waals surface area contributed by atoms with E-state index in [2.05, 4.69) is 22.2 Å². The van der Waals surface area contributed by atoms with Crippen molar-refractivity contribution in [3.05, 3.63) is 71.5 Å². The number of pyridine rings is 1. The molecule has 1 saturated heterocycles. The van der Waals surface area contributed by atoms with Crippen LogP contribution >= 0.6 is 0 Å². The Hall–Kier alpha value is -3.65. The van der Waals surface area contributed by atoms with Gasteiger partial charge in [0.15, 0.2) is 0 Å². The maximum absolute atomic E-state index is 13.5. The van der Waals surface area contributed by atoms with Gasteiger partial charge in [0.2, 0.25) is 0 Å². The molecule has 34 heavy (non-hydrogen) atoms. The van der Waals surface area contributed by atoms with Crippen LogP contribution in [0, 0.1) is 5.82 Å². The summed E-state index contributed by atoms with van der Waals surface area (Å²) in [6.45, 7) is 3.49. The largest absolute Gasteiger partial charge is 0.497 e. The van der Waals surface area contributed by atoms with Crippen molar-refractivity contribution >= 4 is 11.7 Å². The summed E-state index contributed by atoms with van der Waals surface area (Å²) in [5, 5.41) is 2.90. The third-order valence-corrected chi connectivity index (χ3v) is 5.95. The summed E-state index contributed by atoms with van der Waals surface area (Å²) >= 11 is 0. The molecule has 1 N–H and O–H groups in total. The lowest BCUT2D eigenvalue weighted by Crippen LogP contribution is -2.45. The van der Waals surface area contributed by atoms with Crippen molar-refractivity contribution in [1.82, 2.24) is 15.2 Å². The van der Waals surface area contributed by atoms with Gasteiger partial charge in [-0.1, -0.05) is 12.1 Å². The number of benzene rings is 2. The molecule has 0 radical (unpaired) electrons. The Morgan fingerprint density at radius 2 is 1.82 bits per heavy atom. The molecule has 8 heteroatoms. The zero-order valence-corrected chi connectivity index (χ0v) is 19.7. The summed E-state index contributed by atoms with van der Waals surface area (Å²) in [5.74, 6) is 1.39. The average molecular weight is 465 g/mol. The molecule has 1 aliphatic rings. The van der Waals surface area contributed by atoms with Gasteiger partial charge in [0.05, 0.1) is 25.5 Å². The molecule has 0 unspecified atom stereocenters. The van der Waals surface area contributed by atoms with Gasteiger partial charge in [-0.15, -0.1) is 0 Å².